The molecule has 1 heterocycles. The Balaban J connectivity index is 2.08. The van der Waals surface area contributed by atoms with Gasteiger partial charge in [0.15, 0.2) is 0 Å². The summed E-state index contributed by atoms with van der Waals surface area (Å²) in [7, 11) is 1.68. The van der Waals surface area contributed by atoms with E-state index in [9.17, 15) is 4.79 Å². The van der Waals surface area contributed by atoms with Crippen LogP contribution in [-0.4, -0.2) is 13.0 Å². The molecule has 1 aliphatic carbocycles. The molecule has 84 valence electrons. The Morgan fingerprint density at radius 1 is 1.31 bits per heavy atom. The molecule has 1 saturated carbocycles. The largest absolute Gasteiger partial charge is 0.497 e. The van der Waals surface area contributed by atoms with Crippen LogP contribution in [-0.2, 0) is 4.79 Å². The minimum absolute atomic E-state index is 0.180. The second kappa shape index (κ2) is 3.51. The van der Waals surface area contributed by atoms with E-state index in [-0.39, 0.29) is 11.8 Å². The van der Waals surface area contributed by atoms with Crippen LogP contribution in [0.5, 0.6) is 5.75 Å². The molecular formula is C13H15NO2. The van der Waals surface area contributed by atoms with Crippen LogP contribution in [0.3, 0.4) is 0 Å². The van der Waals surface area contributed by atoms with E-state index in [1.807, 2.05) is 12.1 Å². The van der Waals surface area contributed by atoms with Crippen LogP contribution in [0.1, 0.15) is 30.7 Å². The average Bonchev–Trinajstić information content (AvgIpc) is 2.78. The van der Waals surface area contributed by atoms with E-state index in [2.05, 4.69) is 11.4 Å². The number of nitrogens with one attached hydrogen (secondary N) is 1. The molecule has 3 heteroatoms. The van der Waals surface area contributed by atoms with Gasteiger partial charge in [0.05, 0.1) is 7.11 Å². The first-order valence-corrected chi connectivity index (χ1v) is 5.78. The van der Waals surface area contributed by atoms with Crippen molar-refractivity contribution in [1.29, 1.82) is 0 Å². The molecule has 0 spiro atoms. The van der Waals surface area contributed by atoms with Crippen molar-refractivity contribution in [3.63, 3.8) is 0 Å². The van der Waals surface area contributed by atoms with Crippen molar-refractivity contribution in [2.75, 3.05) is 12.4 Å². The maximum Gasteiger partial charge on any atom is 0.228 e. The highest BCUT2D eigenvalue weighted by atomic mass is 16.5. The summed E-state index contributed by atoms with van der Waals surface area (Å²) < 4.78 is 5.24. The standard InChI is InChI=1S/C13H15NO2/c1-16-8-5-6-12-11(7-8)9-3-2-4-10(9)13(15)14-12/h5-7,9-10H,2-4H2,1H3,(H,14,15)/t9-,10-/m0/s1. The number of carbonyl (C=O) groups is 1. The molecule has 1 N–H and O–H groups in total. The summed E-state index contributed by atoms with van der Waals surface area (Å²) in [6.45, 7) is 0. The minimum atomic E-state index is 0.180. The molecule has 2 atom stereocenters. The van der Waals surface area contributed by atoms with Crippen LogP contribution in [0.4, 0.5) is 5.69 Å². The number of amides is 1. The Kier molecular flexibility index (Phi) is 2.13. The lowest BCUT2D eigenvalue weighted by Gasteiger charge is -2.28. The number of hydrogen-bond donors (Lipinski definition) is 1. The summed E-state index contributed by atoms with van der Waals surface area (Å²) in [5, 5.41) is 2.99. The van der Waals surface area contributed by atoms with Gasteiger partial charge in [-0.25, -0.2) is 0 Å². The van der Waals surface area contributed by atoms with Gasteiger partial charge in [-0.1, -0.05) is 6.42 Å². The van der Waals surface area contributed by atoms with E-state index in [1.165, 1.54) is 5.56 Å². The van der Waals surface area contributed by atoms with Crippen LogP contribution in [0.2, 0.25) is 0 Å². The molecule has 1 fully saturated rings. The number of methoxy groups -OCH3 is 1. The molecule has 1 aromatic rings. The number of hydrogen-bond acceptors (Lipinski definition) is 2. The van der Waals surface area contributed by atoms with E-state index >= 15 is 0 Å². The number of benzene rings is 1. The van der Waals surface area contributed by atoms with Crippen molar-refractivity contribution in [2.45, 2.75) is 25.2 Å². The Morgan fingerprint density at radius 2 is 2.12 bits per heavy atom. The number of carbonyl (C=O) groups excluding carboxylic acids is 1. The molecular weight excluding hydrogens is 202 g/mol. The fraction of sp³-hybridized carbons (Fsp3) is 0.462. The monoisotopic (exact) mass is 217 g/mol. The number of anilines is 1. The van der Waals surface area contributed by atoms with E-state index in [4.69, 9.17) is 4.74 Å². The first-order valence-electron chi connectivity index (χ1n) is 5.78. The summed E-state index contributed by atoms with van der Waals surface area (Å²) in [5.41, 5.74) is 2.22. The Hall–Kier alpha value is -1.51. The highest BCUT2D eigenvalue weighted by Crippen LogP contribution is 2.46. The normalized spacial score (nSPS) is 26.9. The fourth-order valence-corrected chi connectivity index (χ4v) is 2.96. The summed E-state index contributed by atoms with van der Waals surface area (Å²) in [6, 6.07) is 5.91. The van der Waals surface area contributed by atoms with E-state index in [0.717, 1.165) is 30.7 Å². The smallest absolute Gasteiger partial charge is 0.228 e. The number of fused-ring (bicyclic) bond motifs is 3. The van der Waals surface area contributed by atoms with Crippen LogP contribution in [0.15, 0.2) is 18.2 Å². The van der Waals surface area contributed by atoms with E-state index < -0.39 is 0 Å². The zero-order valence-electron chi connectivity index (χ0n) is 9.32. The fourth-order valence-electron chi connectivity index (χ4n) is 2.96. The van der Waals surface area contributed by atoms with Gasteiger partial charge in [0.1, 0.15) is 5.75 Å². The number of ether oxygens (including phenoxy) is 1. The third-order valence-corrected chi connectivity index (χ3v) is 3.77. The van der Waals surface area contributed by atoms with Crippen LogP contribution in [0.25, 0.3) is 0 Å². The highest BCUT2D eigenvalue weighted by Gasteiger charge is 2.38. The molecule has 1 aliphatic heterocycles. The summed E-state index contributed by atoms with van der Waals surface area (Å²) in [6.07, 6.45) is 3.30. The van der Waals surface area contributed by atoms with Crippen molar-refractivity contribution in [1.82, 2.24) is 0 Å². The molecule has 16 heavy (non-hydrogen) atoms. The lowest BCUT2D eigenvalue weighted by Crippen LogP contribution is -2.30. The van der Waals surface area contributed by atoms with Crippen LogP contribution in [0, 0.1) is 5.92 Å². The Bertz CT molecular complexity index is 442. The molecule has 2 aliphatic rings. The maximum atomic E-state index is 11.9. The summed E-state index contributed by atoms with van der Waals surface area (Å²) in [5.74, 6) is 1.65. The van der Waals surface area contributed by atoms with Gasteiger partial charge in [-0.2, -0.15) is 0 Å². The first kappa shape index (κ1) is 9.70. The third-order valence-electron chi connectivity index (χ3n) is 3.77. The van der Waals surface area contributed by atoms with Gasteiger partial charge >= 0.3 is 0 Å². The summed E-state index contributed by atoms with van der Waals surface area (Å²) >= 11 is 0. The molecule has 1 amide bonds. The van der Waals surface area contributed by atoms with Crippen molar-refractivity contribution in [3.8, 4) is 5.75 Å². The lowest BCUT2D eigenvalue weighted by molar-refractivity contribution is -0.120. The molecule has 0 radical (unpaired) electrons. The molecule has 0 unspecified atom stereocenters. The molecule has 3 rings (SSSR count). The van der Waals surface area contributed by atoms with Crippen molar-refractivity contribution in [3.05, 3.63) is 23.8 Å². The molecule has 1 aromatic carbocycles. The van der Waals surface area contributed by atoms with E-state index in [0.29, 0.717) is 5.92 Å². The second-order valence-electron chi connectivity index (χ2n) is 4.59. The van der Waals surface area contributed by atoms with Gasteiger partial charge in [0.2, 0.25) is 5.91 Å². The topological polar surface area (TPSA) is 38.3 Å². The lowest BCUT2D eigenvalue weighted by atomic mass is 9.84. The zero-order valence-corrected chi connectivity index (χ0v) is 9.32. The van der Waals surface area contributed by atoms with Gasteiger partial charge in [-0.05, 0) is 42.5 Å². The third kappa shape index (κ3) is 1.31. The predicted octanol–water partition coefficient (Wildman–Crippen LogP) is 2.53. The van der Waals surface area contributed by atoms with Gasteiger partial charge in [-0.3, -0.25) is 4.79 Å². The molecule has 0 saturated heterocycles. The molecule has 3 nitrogen and oxygen atoms in total. The van der Waals surface area contributed by atoms with Gasteiger partial charge in [0, 0.05) is 11.6 Å². The zero-order chi connectivity index (χ0) is 11.1. The maximum absolute atomic E-state index is 11.9. The van der Waals surface area contributed by atoms with Crippen LogP contribution < -0.4 is 10.1 Å². The molecule has 0 aromatic heterocycles. The highest BCUT2D eigenvalue weighted by molar-refractivity contribution is 5.97. The average molecular weight is 217 g/mol. The van der Waals surface area contributed by atoms with Crippen molar-refractivity contribution >= 4 is 11.6 Å². The van der Waals surface area contributed by atoms with Gasteiger partial charge in [0.25, 0.3) is 0 Å². The van der Waals surface area contributed by atoms with E-state index in [1.54, 1.807) is 7.11 Å². The first-order chi connectivity index (χ1) is 7.79. The number of rotatable bonds is 1. The molecule has 0 bridgehead atoms. The Labute approximate surface area is 94.8 Å². The van der Waals surface area contributed by atoms with Gasteiger partial charge < -0.3 is 10.1 Å². The minimum Gasteiger partial charge on any atom is -0.497 e. The van der Waals surface area contributed by atoms with Crippen molar-refractivity contribution < 1.29 is 9.53 Å². The SMILES string of the molecule is COc1ccc2c(c1)[C@H]1CCC[C@@H]1C(=O)N2. The van der Waals surface area contributed by atoms with Crippen molar-refractivity contribution in [2.24, 2.45) is 5.92 Å². The predicted molar refractivity (Wildman–Crippen MR) is 61.7 cm³/mol. The quantitative estimate of drug-likeness (QED) is 0.785. The van der Waals surface area contributed by atoms with Gasteiger partial charge in [-0.15, -0.1) is 0 Å². The van der Waals surface area contributed by atoms with Crippen LogP contribution >= 0.6 is 0 Å². The summed E-state index contributed by atoms with van der Waals surface area (Å²) in [4.78, 5) is 11.9. The second-order valence-corrected chi connectivity index (χ2v) is 4.59. The Morgan fingerprint density at radius 3 is 2.94 bits per heavy atom.